The summed E-state index contributed by atoms with van der Waals surface area (Å²) in [4.78, 5) is 22.4. The highest BCUT2D eigenvalue weighted by molar-refractivity contribution is 8.63. The number of aromatic amines is 1. The van der Waals surface area contributed by atoms with Gasteiger partial charge in [-0.05, 0) is 57.2 Å². The van der Waals surface area contributed by atoms with Gasteiger partial charge < -0.3 is 23.9 Å². The highest BCUT2D eigenvalue weighted by Gasteiger charge is 2.52. The normalized spacial score (nSPS) is 31.9. The summed E-state index contributed by atoms with van der Waals surface area (Å²) in [5, 5.41) is 20.6. The average Bonchev–Trinajstić information content (AvgIpc) is 3.39. The van der Waals surface area contributed by atoms with Gasteiger partial charge in [-0.2, -0.15) is 4.98 Å². The maximum atomic E-state index is 16.3. The van der Waals surface area contributed by atoms with Gasteiger partial charge in [0.2, 0.25) is 0 Å². The van der Waals surface area contributed by atoms with Gasteiger partial charge >= 0.3 is 0 Å². The Hall–Kier alpha value is -1.12. The van der Waals surface area contributed by atoms with Gasteiger partial charge in [0.15, 0.2) is 31.9 Å². The van der Waals surface area contributed by atoms with Crippen LogP contribution < -0.4 is 5.56 Å². The van der Waals surface area contributed by atoms with Crippen LogP contribution in [0.5, 0.6) is 6.01 Å². The van der Waals surface area contributed by atoms with E-state index < -0.39 is 61.5 Å². The highest BCUT2D eigenvalue weighted by atomic mass is 32.9. The number of allylic oxidation sites excluding steroid dienone is 1. The Kier molecular flexibility index (Phi) is 9.68. The van der Waals surface area contributed by atoms with Crippen LogP contribution in [0.3, 0.4) is 0 Å². The van der Waals surface area contributed by atoms with Crippen molar-refractivity contribution in [1.29, 1.82) is 0 Å². The van der Waals surface area contributed by atoms with Crippen molar-refractivity contribution in [3.8, 4) is 6.01 Å². The summed E-state index contributed by atoms with van der Waals surface area (Å²) < 4.78 is 36.0. The molecular formula is C26H42FN4O6PS2Si. The Bertz CT molecular complexity index is 1370. The standard InChI is InChI=1S/C26H42FN4O6PS2Si/c1-14(2)15-9-10-26(6,17(32)11-15)40-38(39)35-12-16-20(37-41(7,8)25(3,4)5)18(27)23(36-16)31-13-28-19-21(31)29-24(34)30-22(19)33/h13,15-18,20,23,32,38H,1,9-12H2,2-8H3,(H2,29,30,33,34)/t15-,16-,17+,18-,20?,23-,26+/m1/s1. The number of hydrogen-bond donors (Lipinski definition) is 3. The number of aliphatic hydroxyl groups excluding tert-OH is 1. The molecule has 15 heteroatoms. The van der Waals surface area contributed by atoms with Crippen LogP contribution in [0.2, 0.25) is 18.1 Å². The Morgan fingerprint density at radius 1 is 1.46 bits per heavy atom. The Morgan fingerprint density at radius 3 is 2.76 bits per heavy atom. The first-order valence-corrected chi connectivity index (χ1v) is 20.7. The van der Waals surface area contributed by atoms with Crippen LogP contribution in [0.1, 0.15) is 60.1 Å². The number of aromatic hydroxyl groups is 1. The molecule has 3 heterocycles. The largest absolute Gasteiger partial charge is 0.480 e. The molecule has 0 amide bonds. The van der Waals surface area contributed by atoms with Crippen LogP contribution in [0.4, 0.5) is 4.39 Å². The lowest BCUT2D eigenvalue weighted by atomic mass is 9.77. The number of aromatic nitrogens is 4. The van der Waals surface area contributed by atoms with Crippen LogP contribution in [-0.4, -0.2) is 73.9 Å². The molecule has 2 unspecified atom stereocenters. The third kappa shape index (κ3) is 6.85. The molecule has 2 aromatic heterocycles. The van der Waals surface area contributed by atoms with E-state index in [-0.39, 0.29) is 22.8 Å². The van der Waals surface area contributed by atoms with Crippen molar-refractivity contribution in [1.82, 2.24) is 19.5 Å². The lowest BCUT2D eigenvalue weighted by molar-refractivity contribution is -0.0377. The number of fused-ring (bicyclic) bond motifs is 1. The number of H-pyrrole nitrogens is 1. The van der Waals surface area contributed by atoms with E-state index in [4.69, 9.17) is 25.5 Å². The lowest BCUT2D eigenvalue weighted by Crippen LogP contribution is -2.49. The predicted molar refractivity (Wildman–Crippen MR) is 166 cm³/mol. The van der Waals surface area contributed by atoms with Crippen molar-refractivity contribution >= 4 is 48.8 Å². The molecule has 0 aromatic carbocycles. The number of nitrogens with one attached hydrogen (secondary N) is 1. The van der Waals surface area contributed by atoms with E-state index in [1.165, 1.54) is 22.3 Å². The Morgan fingerprint density at radius 2 is 2.15 bits per heavy atom. The van der Waals surface area contributed by atoms with Crippen molar-refractivity contribution in [2.24, 2.45) is 5.92 Å². The summed E-state index contributed by atoms with van der Waals surface area (Å²) in [7, 11) is -2.44. The monoisotopic (exact) mass is 648 g/mol. The van der Waals surface area contributed by atoms with Gasteiger partial charge in [-0.15, -0.1) is 0 Å². The lowest BCUT2D eigenvalue weighted by Gasteiger charge is -2.41. The fourth-order valence-electron chi connectivity index (χ4n) is 5.01. The number of alkyl halides is 1. The predicted octanol–water partition coefficient (Wildman–Crippen LogP) is 5.20. The number of ether oxygens (including phenoxy) is 1. The van der Waals surface area contributed by atoms with E-state index in [0.717, 1.165) is 18.4 Å². The molecule has 41 heavy (non-hydrogen) atoms. The van der Waals surface area contributed by atoms with Crippen molar-refractivity contribution in [3.05, 3.63) is 28.8 Å². The zero-order valence-corrected chi connectivity index (χ0v) is 28.3. The van der Waals surface area contributed by atoms with E-state index in [2.05, 4.69) is 42.3 Å². The summed E-state index contributed by atoms with van der Waals surface area (Å²) in [5.41, 5.74) is 0.401. The van der Waals surface area contributed by atoms with Crippen LogP contribution in [-0.2, 0) is 25.5 Å². The van der Waals surface area contributed by atoms with Crippen LogP contribution in [0, 0.1) is 5.92 Å². The van der Waals surface area contributed by atoms with Gasteiger partial charge in [0.05, 0.1) is 19.0 Å². The first-order chi connectivity index (χ1) is 18.9. The topological polar surface area (TPSA) is 132 Å². The molecule has 10 nitrogen and oxygen atoms in total. The van der Waals surface area contributed by atoms with Crippen molar-refractivity contribution in [3.63, 3.8) is 0 Å². The summed E-state index contributed by atoms with van der Waals surface area (Å²) in [5.74, 6) is 0.296. The minimum absolute atomic E-state index is 0.00222. The Balaban J connectivity index is 1.53. The van der Waals surface area contributed by atoms with E-state index in [9.17, 15) is 15.0 Å². The number of rotatable bonds is 9. The number of nitrogens with zero attached hydrogens (tertiary/aromatic N) is 3. The second-order valence-electron chi connectivity index (χ2n) is 12.9. The van der Waals surface area contributed by atoms with E-state index in [1.54, 1.807) is 0 Å². The molecule has 1 aliphatic carbocycles. The quantitative estimate of drug-likeness (QED) is 0.189. The van der Waals surface area contributed by atoms with Crippen LogP contribution in [0.15, 0.2) is 23.3 Å². The van der Waals surface area contributed by atoms with Gasteiger partial charge in [-0.1, -0.05) is 56.1 Å². The SMILES string of the molecule is C=C(C)[C@@H]1CC[C@](C)(S[PH](=S)OC[C@H]2O[C@@H](n3cnc4c(=O)[nH]c(O)nc43)[C@H](F)C2O[Si](C)(C)C(C)(C)C)[C@@H](O)C1. The number of hydrogen-bond acceptors (Lipinski definition) is 10. The zero-order valence-electron chi connectivity index (χ0n) is 24.6. The van der Waals surface area contributed by atoms with E-state index >= 15 is 4.39 Å². The van der Waals surface area contributed by atoms with Gasteiger partial charge in [0, 0.05) is 4.75 Å². The third-order valence-corrected chi connectivity index (χ3v) is 18.1. The summed E-state index contributed by atoms with van der Waals surface area (Å²) in [6, 6.07) is -0.602. The molecule has 2 aromatic rings. The zero-order chi connectivity index (χ0) is 30.5. The summed E-state index contributed by atoms with van der Waals surface area (Å²) in [6.07, 6.45) is -3.35. The fraction of sp³-hybridized carbons (Fsp3) is 0.731. The van der Waals surface area contributed by atoms with Crippen LogP contribution in [0.25, 0.3) is 11.2 Å². The van der Waals surface area contributed by atoms with E-state index in [1.807, 2.05) is 26.9 Å². The molecule has 0 radical (unpaired) electrons. The van der Waals surface area contributed by atoms with E-state index in [0.29, 0.717) is 12.3 Å². The first kappa shape index (κ1) is 32.8. The number of imidazole rings is 1. The summed E-state index contributed by atoms with van der Waals surface area (Å²) >= 11 is 7.23. The molecule has 2 fully saturated rings. The highest BCUT2D eigenvalue weighted by Crippen LogP contribution is 2.55. The molecule has 1 saturated carbocycles. The van der Waals surface area contributed by atoms with Crippen molar-refractivity contribution in [2.75, 3.05) is 6.61 Å². The van der Waals surface area contributed by atoms with Gasteiger partial charge in [-0.3, -0.25) is 14.3 Å². The minimum atomic E-state index is -2.44. The molecule has 2 aliphatic rings. The maximum absolute atomic E-state index is 16.3. The molecule has 8 atom stereocenters. The first-order valence-electron chi connectivity index (χ1n) is 13.8. The average molecular weight is 649 g/mol. The summed E-state index contributed by atoms with van der Waals surface area (Å²) in [6.45, 7) is 18.4. The molecule has 1 saturated heterocycles. The molecule has 230 valence electrons. The smallest absolute Gasteiger partial charge is 0.296 e. The molecular weight excluding hydrogens is 607 g/mol. The second kappa shape index (κ2) is 12.1. The van der Waals surface area contributed by atoms with Crippen molar-refractivity contribution in [2.45, 2.75) is 107 Å². The third-order valence-electron chi connectivity index (χ3n) is 8.78. The maximum Gasteiger partial charge on any atom is 0.296 e. The van der Waals surface area contributed by atoms with Gasteiger partial charge in [0.1, 0.15) is 18.3 Å². The number of halogens is 1. The second-order valence-corrected chi connectivity index (χ2v) is 23.2. The fourth-order valence-corrected chi connectivity index (χ4v) is 11.7. The van der Waals surface area contributed by atoms with Crippen molar-refractivity contribution < 1.29 is 28.3 Å². The Labute approximate surface area is 250 Å². The molecule has 4 rings (SSSR count). The minimum Gasteiger partial charge on any atom is -0.480 e. The molecule has 0 bridgehead atoms. The number of aliphatic hydroxyl groups is 1. The molecule has 1 aliphatic heterocycles. The van der Waals surface area contributed by atoms with Gasteiger partial charge in [0.25, 0.3) is 11.6 Å². The molecule has 3 N–H and O–H groups in total. The van der Waals surface area contributed by atoms with Crippen LogP contribution >= 0.6 is 17.5 Å². The molecule has 0 spiro atoms. The van der Waals surface area contributed by atoms with Gasteiger partial charge in [-0.25, -0.2) is 9.37 Å².